The van der Waals surface area contributed by atoms with Gasteiger partial charge in [-0.3, -0.25) is 4.79 Å². The Morgan fingerprint density at radius 1 is 1.18 bits per heavy atom. The Morgan fingerprint density at radius 3 is 2.09 bits per heavy atom. The van der Waals surface area contributed by atoms with Crippen LogP contribution in [0.4, 0.5) is 0 Å². The fourth-order valence-corrected chi connectivity index (χ4v) is 3.86. The quantitative estimate of drug-likeness (QED) is 0.771. The van der Waals surface area contributed by atoms with Gasteiger partial charge in [-0.1, -0.05) is 19.1 Å². The molecule has 1 aromatic rings. The summed E-state index contributed by atoms with van der Waals surface area (Å²) in [4.78, 5) is 10.8. The monoisotopic (exact) mass is 349 g/mol. The lowest BCUT2D eigenvalue weighted by molar-refractivity contribution is -0.141. The average Bonchev–Trinajstić information content (AvgIpc) is 2.37. The molecule has 0 bridgehead atoms. The summed E-state index contributed by atoms with van der Waals surface area (Å²) in [5, 5.41) is 8.83. The highest BCUT2D eigenvalue weighted by Gasteiger charge is 2.24. The zero-order chi connectivity index (χ0) is 17.1. The number of sulfone groups is 1. The van der Waals surface area contributed by atoms with Gasteiger partial charge in [-0.05, 0) is 17.7 Å². The van der Waals surface area contributed by atoms with Crippen LogP contribution in [0.15, 0.2) is 29.2 Å². The van der Waals surface area contributed by atoms with Crippen LogP contribution in [-0.2, 0) is 30.4 Å². The Bertz CT molecular complexity index is 737. The highest BCUT2D eigenvalue weighted by atomic mass is 32.2. The van der Waals surface area contributed by atoms with Crippen molar-refractivity contribution in [2.75, 3.05) is 19.8 Å². The summed E-state index contributed by atoms with van der Waals surface area (Å²) in [6, 6.07) is 5.50. The second-order valence-electron chi connectivity index (χ2n) is 5.24. The Labute approximate surface area is 130 Å². The third-order valence-corrected chi connectivity index (χ3v) is 5.71. The molecular weight excluding hydrogens is 330 g/mol. The summed E-state index contributed by atoms with van der Waals surface area (Å²) < 4.78 is 48.0. The Hall–Kier alpha value is -1.45. The van der Waals surface area contributed by atoms with Gasteiger partial charge in [0.2, 0.25) is 10.0 Å². The van der Waals surface area contributed by atoms with E-state index in [0.29, 0.717) is 5.56 Å². The van der Waals surface area contributed by atoms with Gasteiger partial charge < -0.3 is 5.11 Å². The molecule has 0 aliphatic heterocycles. The topological polar surface area (TPSA) is 109 Å². The third-order valence-electron chi connectivity index (χ3n) is 3.01. The fraction of sp³-hybridized carbons (Fsp3) is 0.462. The molecule has 0 saturated carbocycles. The van der Waals surface area contributed by atoms with E-state index in [1.807, 2.05) is 0 Å². The first-order valence-corrected chi connectivity index (χ1v) is 9.89. The molecular formula is C13H19NO6S2. The van der Waals surface area contributed by atoms with Gasteiger partial charge >= 0.3 is 5.97 Å². The van der Waals surface area contributed by atoms with E-state index < -0.39 is 31.7 Å². The lowest BCUT2D eigenvalue weighted by Gasteiger charge is -2.19. The van der Waals surface area contributed by atoms with Crippen molar-refractivity contribution in [2.45, 2.75) is 17.6 Å². The molecule has 0 fully saturated rings. The summed E-state index contributed by atoms with van der Waals surface area (Å²) >= 11 is 0. The zero-order valence-corrected chi connectivity index (χ0v) is 14.2. The number of rotatable bonds is 7. The molecule has 0 aromatic heterocycles. The molecule has 0 aliphatic rings. The summed E-state index contributed by atoms with van der Waals surface area (Å²) in [5.74, 6) is -2.08. The number of nitrogens with zero attached hydrogens (tertiary/aromatic N) is 1. The fourth-order valence-electron chi connectivity index (χ4n) is 1.80. The predicted molar refractivity (Wildman–Crippen MR) is 81.6 cm³/mol. The first-order chi connectivity index (χ1) is 9.93. The van der Waals surface area contributed by atoms with Crippen LogP contribution >= 0.6 is 0 Å². The maximum atomic E-state index is 12.3. The van der Waals surface area contributed by atoms with Crippen LogP contribution < -0.4 is 0 Å². The van der Waals surface area contributed by atoms with Crippen molar-refractivity contribution in [1.82, 2.24) is 4.31 Å². The molecule has 1 rings (SSSR count). The standard InChI is InChI=1S/C13H19NO6S2/c1-10(13(15)16)8-14(2)22(19,20)12-6-4-11(5-7-12)9-21(3,17)18/h4-7,10H,8-9H2,1-3H3,(H,15,16). The number of benzene rings is 1. The van der Waals surface area contributed by atoms with Crippen LogP contribution in [0.2, 0.25) is 0 Å². The minimum Gasteiger partial charge on any atom is -0.481 e. The largest absolute Gasteiger partial charge is 0.481 e. The van der Waals surface area contributed by atoms with Gasteiger partial charge in [0.05, 0.1) is 16.6 Å². The highest BCUT2D eigenvalue weighted by molar-refractivity contribution is 7.90. The van der Waals surface area contributed by atoms with Gasteiger partial charge in [-0.2, -0.15) is 0 Å². The first kappa shape index (κ1) is 18.6. The molecule has 0 spiro atoms. The minimum absolute atomic E-state index is 0.00941. The van der Waals surface area contributed by atoms with Crippen LogP contribution in [0.5, 0.6) is 0 Å². The van der Waals surface area contributed by atoms with E-state index in [2.05, 4.69) is 0 Å². The maximum Gasteiger partial charge on any atom is 0.307 e. The molecule has 9 heteroatoms. The number of carboxylic acids is 1. The molecule has 124 valence electrons. The van der Waals surface area contributed by atoms with E-state index in [0.717, 1.165) is 10.6 Å². The first-order valence-electron chi connectivity index (χ1n) is 6.39. The van der Waals surface area contributed by atoms with Crippen molar-refractivity contribution in [2.24, 2.45) is 5.92 Å². The lowest BCUT2D eigenvalue weighted by atomic mass is 10.2. The van der Waals surface area contributed by atoms with Crippen molar-refractivity contribution in [3.63, 3.8) is 0 Å². The van der Waals surface area contributed by atoms with Crippen LogP contribution in [0.3, 0.4) is 0 Å². The lowest BCUT2D eigenvalue weighted by Crippen LogP contribution is -2.33. The van der Waals surface area contributed by atoms with Crippen molar-refractivity contribution in [3.8, 4) is 0 Å². The molecule has 0 aliphatic carbocycles. The van der Waals surface area contributed by atoms with Gasteiger partial charge in [-0.25, -0.2) is 21.1 Å². The molecule has 0 saturated heterocycles. The maximum absolute atomic E-state index is 12.3. The summed E-state index contributed by atoms with van der Waals surface area (Å²) in [5.41, 5.74) is 0.489. The van der Waals surface area contributed by atoms with E-state index in [1.54, 1.807) is 0 Å². The van der Waals surface area contributed by atoms with Crippen LogP contribution in [0.1, 0.15) is 12.5 Å². The van der Waals surface area contributed by atoms with Crippen molar-refractivity contribution < 1.29 is 26.7 Å². The van der Waals surface area contributed by atoms with Gasteiger partial charge in [0.25, 0.3) is 0 Å². The third kappa shape index (κ3) is 5.08. The van der Waals surface area contributed by atoms with Crippen molar-refractivity contribution in [3.05, 3.63) is 29.8 Å². The molecule has 1 unspecified atom stereocenters. The molecule has 1 atom stereocenters. The number of carbonyl (C=O) groups is 1. The van der Waals surface area contributed by atoms with Crippen LogP contribution in [0.25, 0.3) is 0 Å². The van der Waals surface area contributed by atoms with E-state index >= 15 is 0 Å². The van der Waals surface area contributed by atoms with Crippen LogP contribution in [-0.4, -0.2) is 52.1 Å². The molecule has 0 amide bonds. The smallest absolute Gasteiger partial charge is 0.307 e. The van der Waals surface area contributed by atoms with E-state index in [4.69, 9.17) is 5.11 Å². The Balaban J connectivity index is 2.96. The van der Waals surface area contributed by atoms with Gasteiger partial charge in [0.15, 0.2) is 9.84 Å². The summed E-state index contributed by atoms with van der Waals surface area (Å²) in [7, 11) is -5.70. The van der Waals surface area contributed by atoms with Crippen LogP contribution in [0, 0.1) is 5.92 Å². The van der Waals surface area contributed by atoms with Crippen molar-refractivity contribution >= 4 is 25.8 Å². The normalized spacial score (nSPS) is 14.0. The Kier molecular flexibility index (Phi) is 5.71. The number of aliphatic carboxylic acids is 1. The molecule has 7 nitrogen and oxygen atoms in total. The van der Waals surface area contributed by atoms with E-state index in [9.17, 15) is 21.6 Å². The van der Waals surface area contributed by atoms with E-state index in [1.165, 1.54) is 38.2 Å². The second kappa shape index (κ2) is 6.76. The summed E-state index contributed by atoms with van der Waals surface area (Å²) in [6.45, 7) is 1.27. The Morgan fingerprint density at radius 2 is 1.68 bits per heavy atom. The number of hydrogen-bond donors (Lipinski definition) is 1. The van der Waals surface area contributed by atoms with Gasteiger partial charge in [-0.15, -0.1) is 0 Å². The number of hydrogen-bond acceptors (Lipinski definition) is 5. The average molecular weight is 349 g/mol. The molecule has 1 N–H and O–H groups in total. The van der Waals surface area contributed by atoms with E-state index in [-0.39, 0.29) is 17.2 Å². The molecule has 1 aromatic carbocycles. The van der Waals surface area contributed by atoms with Gasteiger partial charge in [0, 0.05) is 19.8 Å². The number of sulfonamides is 1. The molecule has 0 radical (unpaired) electrons. The zero-order valence-electron chi connectivity index (χ0n) is 12.6. The SMILES string of the molecule is CC(CN(C)S(=O)(=O)c1ccc(CS(C)(=O)=O)cc1)C(=O)O. The molecule has 22 heavy (non-hydrogen) atoms. The molecule has 0 heterocycles. The highest BCUT2D eigenvalue weighted by Crippen LogP contribution is 2.17. The van der Waals surface area contributed by atoms with Gasteiger partial charge in [0.1, 0.15) is 0 Å². The minimum atomic E-state index is -3.81. The number of carboxylic acid groups (broad SMARTS) is 1. The predicted octanol–water partition coefficient (Wildman–Crippen LogP) is 0.572. The second-order valence-corrected chi connectivity index (χ2v) is 9.42. The summed E-state index contributed by atoms with van der Waals surface area (Å²) in [6.07, 6.45) is 1.10. The van der Waals surface area contributed by atoms with Crippen molar-refractivity contribution in [1.29, 1.82) is 0 Å².